The fourth-order valence-electron chi connectivity index (χ4n) is 3.62. The maximum Gasteiger partial charge on any atom is 0.270 e. The average molecular weight is 469 g/mol. The van der Waals surface area contributed by atoms with Crippen LogP contribution in [0.2, 0.25) is 0 Å². The van der Waals surface area contributed by atoms with E-state index in [9.17, 15) is 18.5 Å². The van der Waals surface area contributed by atoms with Crippen LogP contribution in [0.5, 0.6) is 0 Å². The number of piperazine rings is 1. The zero-order valence-corrected chi connectivity index (χ0v) is 19.1. The summed E-state index contributed by atoms with van der Waals surface area (Å²) in [5.74, 6) is 1.28. The van der Waals surface area contributed by atoms with Gasteiger partial charge in [-0.1, -0.05) is 23.8 Å². The van der Waals surface area contributed by atoms with Crippen molar-refractivity contribution in [3.05, 3.63) is 75.8 Å². The van der Waals surface area contributed by atoms with Gasteiger partial charge in [0.2, 0.25) is 10.0 Å². The van der Waals surface area contributed by atoms with Crippen LogP contribution in [0.1, 0.15) is 11.1 Å². The minimum Gasteiger partial charge on any atom is -0.352 e. The highest BCUT2D eigenvalue weighted by atomic mass is 32.2. The molecular formula is C22H24N6O4S. The Kier molecular flexibility index (Phi) is 6.25. The monoisotopic (exact) mass is 468 g/mol. The molecule has 1 fully saturated rings. The summed E-state index contributed by atoms with van der Waals surface area (Å²) in [4.78, 5) is 12.4. The molecule has 0 saturated carbocycles. The van der Waals surface area contributed by atoms with Crippen LogP contribution < -0.4 is 10.2 Å². The Morgan fingerprint density at radius 1 is 0.939 bits per heavy atom. The van der Waals surface area contributed by atoms with E-state index >= 15 is 0 Å². The molecule has 0 aliphatic carbocycles. The van der Waals surface area contributed by atoms with Gasteiger partial charge in [0.25, 0.3) is 5.69 Å². The summed E-state index contributed by atoms with van der Waals surface area (Å²) >= 11 is 0. The predicted molar refractivity (Wildman–Crippen MR) is 125 cm³/mol. The first-order chi connectivity index (χ1) is 15.7. The second-order valence-corrected chi connectivity index (χ2v) is 9.77. The molecule has 1 aliphatic rings. The van der Waals surface area contributed by atoms with Crippen molar-refractivity contribution in [2.45, 2.75) is 18.7 Å². The van der Waals surface area contributed by atoms with E-state index < -0.39 is 14.9 Å². The average Bonchev–Trinajstić information content (AvgIpc) is 2.81. The summed E-state index contributed by atoms with van der Waals surface area (Å²) in [5.41, 5.74) is 2.32. The Bertz CT molecular complexity index is 1260. The molecule has 0 unspecified atom stereocenters. The van der Waals surface area contributed by atoms with Crippen LogP contribution in [-0.4, -0.2) is 54.0 Å². The van der Waals surface area contributed by atoms with Gasteiger partial charge in [0.05, 0.1) is 9.82 Å². The summed E-state index contributed by atoms with van der Waals surface area (Å²) in [6.07, 6.45) is 0. The van der Waals surface area contributed by atoms with E-state index in [0.29, 0.717) is 30.3 Å². The number of nitrogens with one attached hydrogen (secondary N) is 1. The van der Waals surface area contributed by atoms with Crippen molar-refractivity contribution < 1.29 is 13.3 Å². The number of aromatic nitrogens is 2. The van der Waals surface area contributed by atoms with Gasteiger partial charge < -0.3 is 10.2 Å². The third-order valence-electron chi connectivity index (χ3n) is 5.54. The zero-order chi connectivity index (χ0) is 23.6. The van der Waals surface area contributed by atoms with Gasteiger partial charge >= 0.3 is 0 Å². The third kappa shape index (κ3) is 4.94. The van der Waals surface area contributed by atoms with Crippen molar-refractivity contribution >= 4 is 33.0 Å². The van der Waals surface area contributed by atoms with Gasteiger partial charge in [0.15, 0.2) is 11.6 Å². The van der Waals surface area contributed by atoms with Crippen LogP contribution in [0.4, 0.5) is 23.0 Å². The minimum atomic E-state index is -3.84. The minimum absolute atomic E-state index is 0.0310. The molecule has 1 N–H and O–H groups in total. The molecule has 172 valence electrons. The van der Waals surface area contributed by atoms with Crippen molar-refractivity contribution in [1.82, 2.24) is 14.5 Å². The van der Waals surface area contributed by atoms with Gasteiger partial charge in [0.1, 0.15) is 0 Å². The topological polar surface area (TPSA) is 122 Å². The maximum atomic E-state index is 13.1. The van der Waals surface area contributed by atoms with E-state index in [1.54, 1.807) is 6.92 Å². The molecule has 2 aromatic carbocycles. The summed E-state index contributed by atoms with van der Waals surface area (Å²) in [5, 5.41) is 22.8. The number of sulfonamides is 1. The molecule has 3 aromatic rings. The number of non-ortho nitro benzene ring substituents is 1. The first-order valence-corrected chi connectivity index (χ1v) is 11.9. The Morgan fingerprint density at radius 3 is 2.24 bits per heavy atom. The molecule has 10 nitrogen and oxygen atoms in total. The van der Waals surface area contributed by atoms with Crippen molar-refractivity contribution in [2.24, 2.45) is 0 Å². The second-order valence-electron chi connectivity index (χ2n) is 7.87. The highest BCUT2D eigenvalue weighted by molar-refractivity contribution is 7.89. The number of anilines is 3. The molecule has 1 aromatic heterocycles. The quantitative estimate of drug-likeness (QED) is 0.432. The van der Waals surface area contributed by atoms with Gasteiger partial charge in [-0.15, -0.1) is 10.2 Å². The lowest BCUT2D eigenvalue weighted by molar-refractivity contribution is -0.385. The third-order valence-corrected chi connectivity index (χ3v) is 7.58. The van der Waals surface area contributed by atoms with Gasteiger partial charge in [0, 0.05) is 44.0 Å². The SMILES string of the molecule is Cc1ccc(Nc2ccc(N3CCN(S(=O)(=O)c4cc([N+](=O)[O-])ccc4C)CC3)nn2)cc1. The number of benzene rings is 2. The molecule has 0 amide bonds. The van der Waals surface area contributed by atoms with Crippen molar-refractivity contribution in [1.29, 1.82) is 0 Å². The number of nitro groups is 1. The molecule has 1 aliphatic heterocycles. The highest BCUT2D eigenvalue weighted by Crippen LogP contribution is 2.26. The number of hydrogen-bond acceptors (Lipinski definition) is 8. The lowest BCUT2D eigenvalue weighted by Crippen LogP contribution is -2.49. The normalized spacial score (nSPS) is 14.8. The molecule has 0 radical (unpaired) electrons. The Balaban J connectivity index is 1.42. The van der Waals surface area contributed by atoms with Gasteiger partial charge in [-0.05, 0) is 43.7 Å². The zero-order valence-electron chi connectivity index (χ0n) is 18.3. The number of hydrogen-bond donors (Lipinski definition) is 1. The molecular weight excluding hydrogens is 444 g/mol. The van der Waals surface area contributed by atoms with E-state index in [-0.39, 0.29) is 23.7 Å². The van der Waals surface area contributed by atoms with E-state index in [2.05, 4.69) is 15.5 Å². The van der Waals surface area contributed by atoms with Crippen molar-refractivity contribution in [2.75, 3.05) is 36.4 Å². The fourth-order valence-corrected chi connectivity index (χ4v) is 5.29. The standard InChI is InChI=1S/C22H24N6O4S/c1-16-3-6-18(7-4-16)23-21-9-10-22(25-24-21)26-11-13-27(14-12-26)33(31,32)20-15-19(28(29)30)8-5-17(20)2/h3-10,15H,11-14H2,1-2H3,(H,23,24). The molecule has 0 bridgehead atoms. The van der Waals surface area contributed by atoms with E-state index in [1.165, 1.54) is 22.0 Å². The van der Waals surface area contributed by atoms with Gasteiger partial charge in [-0.25, -0.2) is 8.42 Å². The molecule has 0 atom stereocenters. The summed E-state index contributed by atoms with van der Waals surface area (Å²) < 4.78 is 27.6. The van der Waals surface area contributed by atoms with E-state index in [4.69, 9.17) is 0 Å². The maximum absolute atomic E-state index is 13.1. The lowest BCUT2D eigenvalue weighted by atomic mass is 10.2. The van der Waals surface area contributed by atoms with Gasteiger partial charge in [-0.3, -0.25) is 10.1 Å². The van der Waals surface area contributed by atoms with E-state index in [0.717, 1.165) is 11.8 Å². The fraction of sp³-hybridized carbons (Fsp3) is 0.273. The Hall–Kier alpha value is -3.57. The molecule has 1 saturated heterocycles. The molecule has 2 heterocycles. The van der Waals surface area contributed by atoms with Crippen LogP contribution in [-0.2, 0) is 10.0 Å². The summed E-state index contributed by atoms with van der Waals surface area (Å²) in [6, 6.07) is 15.5. The first kappa shape index (κ1) is 22.6. The van der Waals surface area contributed by atoms with Crippen LogP contribution in [0.25, 0.3) is 0 Å². The Labute approximate surface area is 192 Å². The highest BCUT2D eigenvalue weighted by Gasteiger charge is 2.31. The predicted octanol–water partition coefficient (Wildman–Crippen LogP) is 3.26. The van der Waals surface area contributed by atoms with Crippen LogP contribution in [0, 0.1) is 24.0 Å². The van der Waals surface area contributed by atoms with E-state index in [1.807, 2.05) is 48.2 Å². The van der Waals surface area contributed by atoms with Crippen molar-refractivity contribution in [3.8, 4) is 0 Å². The van der Waals surface area contributed by atoms with Crippen LogP contribution in [0.3, 0.4) is 0 Å². The molecule has 4 rings (SSSR count). The number of aryl methyl sites for hydroxylation is 2. The summed E-state index contributed by atoms with van der Waals surface area (Å²) in [6.45, 7) is 5.02. The van der Waals surface area contributed by atoms with Crippen LogP contribution >= 0.6 is 0 Å². The Morgan fingerprint density at radius 2 is 1.64 bits per heavy atom. The molecule has 11 heteroatoms. The number of rotatable bonds is 6. The second kappa shape index (κ2) is 9.12. The molecule has 0 spiro atoms. The van der Waals surface area contributed by atoms with Gasteiger partial charge in [-0.2, -0.15) is 4.31 Å². The lowest BCUT2D eigenvalue weighted by Gasteiger charge is -2.34. The van der Waals surface area contributed by atoms with Crippen molar-refractivity contribution in [3.63, 3.8) is 0 Å². The smallest absolute Gasteiger partial charge is 0.270 e. The summed E-state index contributed by atoms with van der Waals surface area (Å²) in [7, 11) is -3.84. The largest absolute Gasteiger partial charge is 0.352 e. The molecule has 33 heavy (non-hydrogen) atoms. The number of nitro benzene ring substituents is 1. The van der Waals surface area contributed by atoms with Crippen LogP contribution in [0.15, 0.2) is 59.5 Å². The number of nitrogens with zero attached hydrogens (tertiary/aromatic N) is 5. The first-order valence-electron chi connectivity index (χ1n) is 10.4.